The van der Waals surface area contributed by atoms with E-state index in [1.54, 1.807) is 43.2 Å². The van der Waals surface area contributed by atoms with Crippen LogP contribution in [-0.2, 0) is 26.2 Å². The van der Waals surface area contributed by atoms with E-state index in [4.69, 9.17) is 4.74 Å². The summed E-state index contributed by atoms with van der Waals surface area (Å²) in [6.45, 7) is 4.22. The molecule has 1 unspecified atom stereocenters. The zero-order valence-electron chi connectivity index (χ0n) is 22.3. The number of nitrogens with one attached hydrogen (secondary N) is 1. The Morgan fingerprint density at radius 3 is 2.38 bits per heavy atom. The fourth-order valence-corrected chi connectivity index (χ4v) is 5.70. The van der Waals surface area contributed by atoms with Crippen LogP contribution in [0.5, 0.6) is 5.75 Å². The molecule has 0 aliphatic heterocycles. The van der Waals surface area contributed by atoms with Crippen molar-refractivity contribution < 1.29 is 22.7 Å². The minimum absolute atomic E-state index is 0.120. The van der Waals surface area contributed by atoms with Crippen molar-refractivity contribution in [3.63, 3.8) is 0 Å². The third-order valence-electron chi connectivity index (χ3n) is 6.82. The largest absolute Gasteiger partial charge is 0.497 e. The minimum atomic E-state index is -3.55. The van der Waals surface area contributed by atoms with Crippen molar-refractivity contribution in [2.45, 2.75) is 71.0 Å². The summed E-state index contributed by atoms with van der Waals surface area (Å²) in [4.78, 5) is 28.1. The van der Waals surface area contributed by atoms with Crippen LogP contribution in [0.4, 0.5) is 5.69 Å². The monoisotopic (exact) mass is 529 g/mol. The summed E-state index contributed by atoms with van der Waals surface area (Å²) in [5.74, 6) is 0.298. The number of sulfonamides is 1. The SMILES string of the molecule is COc1ccc(N(CCCC(=O)N(Cc2cccc(C)c2)C(C)C(=O)NC2CCCC2)S(C)(=O)=O)cc1. The Labute approximate surface area is 221 Å². The van der Waals surface area contributed by atoms with E-state index in [0.29, 0.717) is 24.4 Å². The van der Waals surface area contributed by atoms with Gasteiger partial charge in [-0.05, 0) is 62.9 Å². The average Bonchev–Trinajstić information content (AvgIpc) is 3.37. The van der Waals surface area contributed by atoms with Gasteiger partial charge in [0.2, 0.25) is 21.8 Å². The zero-order valence-corrected chi connectivity index (χ0v) is 23.1. The summed E-state index contributed by atoms with van der Waals surface area (Å²) in [7, 11) is -2.00. The number of methoxy groups -OCH3 is 1. The molecule has 0 aromatic heterocycles. The molecule has 9 heteroatoms. The number of amides is 2. The lowest BCUT2D eigenvalue weighted by molar-refractivity contribution is -0.141. The standard InChI is InChI=1S/C28H39N3O5S/c1-21-9-7-10-23(19-21)20-30(22(2)28(33)29-24-11-5-6-12-24)27(32)13-8-18-31(37(4,34)35)25-14-16-26(36-3)17-15-25/h7,9-10,14-17,19,22,24H,5-6,8,11-13,18,20H2,1-4H3,(H,29,33). The first-order chi connectivity index (χ1) is 17.6. The number of carbonyl (C=O) groups excluding carboxylic acids is 2. The highest BCUT2D eigenvalue weighted by atomic mass is 32.2. The van der Waals surface area contributed by atoms with Gasteiger partial charge in [0.1, 0.15) is 11.8 Å². The van der Waals surface area contributed by atoms with Crippen LogP contribution in [0.2, 0.25) is 0 Å². The normalized spacial score (nSPS) is 14.7. The number of carbonyl (C=O) groups is 2. The number of hydrogen-bond acceptors (Lipinski definition) is 5. The first kappa shape index (κ1) is 28.5. The second-order valence-corrected chi connectivity index (χ2v) is 11.7. The summed E-state index contributed by atoms with van der Waals surface area (Å²) in [6, 6.07) is 14.2. The number of ether oxygens (including phenoxy) is 1. The summed E-state index contributed by atoms with van der Waals surface area (Å²) >= 11 is 0. The zero-order chi connectivity index (χ0) is 27.0. The molecule has 1 fully saturated rings. The van der Waals surface area contributed by atoms with Crippen molar-refractivity contribution in [2.24, 2.45) is 0 Å². The highest BCUT2D eigenvalue weighted by Crippen LogP contribution is 2.23. The molecule has 1 N–H and O–H groups in total. The van der Waals surface area contributed by atoms with Gasteiger partial charge >= 0.3 is 0 Å². The molecular formula is C28H39N3O5S. The predicted octanol–water partition coefficient (Wildman–Crippen LogP) is 4.03. The van der Waals surface area contributed by atoms with Gasteiger partial charge < -0.3 is 15.0 Å². The molecule has 1 aliphatic carbocycles. The topological polar surface area (TPSA) is 96.0 Å². The van der Waals surface area contributed by atoms with E-state index in [9.17, 15) is 18.0 Å². The Kier molecular flexibility index (Phi) is 9.97. The molecule has 0 bridgehead atoms. The van der Waals surface area contributed by atoms with Crippen LogP contribution in [0.1, 0.15) is 56.6 Å². The van der Waals surface area contributed by atoms with Gasteiger partial charge in [0, 0.05) is 25.6 Å². The Morgan fingerprint density at radius 1 is 1.11 bits per heavy atom. The van der Waals surface area contributed by atoms with Gasteiger partial charge in [-0.15, -0.1) is 0 Å². The van der Waals surface area contributed by atoms with Crippen LogP contribution in [-0.4, -0.2) is 57.1 Å². The first-order valence-electron chi connectivity index (χ1n) is 12.9. The van der Waals surface area contributed by atoms with Crippen LogP contribution in [0.3, 0.4) is 0 Å². The maximum atomic E-state index is 13.4. The maximum absolute atomic E-state index is 13.4. The van der Waals surface area contributed by atoms with E-state index in [-0.39, 0.29) is 30.8 Å². The second kappa shape index (κ2) is 12.9. The number of anilines is 1. The number of rotatable bonds is 12. The molecule has 0 spiro atoms. The van der Waals surface area contributed by atoms with Gasteiger partial charge in [0.25, 0.3) is 0 Å². The third kappa shape index (κ3) is 8.21. The highest BCUT2D eigenvalue weighted by Gasteiger charge is 2.28. The van der Waals surface area contributed by atoms with Crippen LogP contribution in [0, 0.1) is 6.92 Å². The second-order valence-electron chi connectivity index (χ2n) is 9.81. The van der Waals surface area contributed by atoms with E-state index in [2.05, 4.69) is 5.32 Å². The van der Waals surface area contributed by atoms with Crippen LogP contribution in [0.25, 0.3) is 0 Å². The molecule has 2 amide bonds. The summed E-state index contributed by atoms with van der Waals surface area (Å²) in [5, 5.41) is 3.11. The van der Waals surface area contributed by atoms with E-state index in [1.165, 1.54) is 4.31 Å². The molecule has 202 valence electrons. The van der Waals surface area contributed by atoms with Crippen molar-refractivity contribution in [3.05, 3.63) is 59.7 Å². The van der Waals surface area contributed by atoms with Crippen molar-refractivity contribution in [1.29, 1.82) is 0 Å². The van der Waals surface area contributed by atoms with Crippen LogP contribution >= 0.6 is 0 Å². The number of benzene rings is 2. The van der Waals surface area contributed by atoms with Crippen molar-refractivity contribution in [1.82, 2.24) is 10.2 Å². The Bertz CT molecular complexity index is 1160. The van der Waals surface area contributed by atoms with E-state index in [0.717, 1.165) is 43.1 Å². The average molecular weight is 530 g/mol. The van der Waals surface area contributed by atoms with E-state index in [1.807, 2.05) is 31.2 Å². The molecule has 0 heterocycles. The lowest BCUT2D eigenvalue weighted by atomic mass is 10.1. The Balaban J connectivity index is 1.71. The van der Waals surface area contributed by atoms with Gasteiger partial charge in [-0.25, -0.2) is 8.42 Å². The highest BCUT2D eigenvalue weighted by molar-refractivity contribution is 7.92. The molecular weight excluding hydrogens is 490 g/mol. The number of aryl methyl sites for hydroxylation is 1. The number of nitrogens with zero attached hydrogens (tertiary/aromatic N) is 2. The number of hydrogen-bond donors (Lipinski definition) is 1. The fraction of sp³-hybridized carbons (Fsp3) is 0.500. The molecule has 2 aromatic rings. The van der Waals surface area contributed by atoms with Gasteiger partial charge in [-0.2, -0.15) is 0 Å². The van der Waals surface area contributed by atoms with Gasteiger partial charge in [0.05, 0.1) is 19.1 Å². The first-order valence-corrected chi connectivity index (χ1v) is 14.7. The maximum Gasteiger partial charge on any atom is 0.242 e. The Hall–Kier alpha value is -3.07. The van der Waals surface area contributed by atoms with Crippen molar-refractivity contribution in [2.75, 3.05) is 24.2 Å². The predicted molar refractivity (Wildman–Crippen MR) is 146 cm³/mol. The molecule has 2 aromatic carbocycles. The molecule has 1 aliphatic rings. The fourth-order valence-electron chi connectivity index (χ4n) is 4.73. The smallest absolute Gasteiger partial charge is 0.242 e. The summed E-state index contributed by atoms with van der Waals surface area (Å²) < 4.78 is 31.4. The summed E-state index contributed by atoms with van der Waals surface area (Å²) in [5.41, 5.74) is 2.54. The van der Waals surface area contributed by atoms with Gasteiger partial charge in [-0.1, -0.05) is 42.7 Å². The van der Waals surface area contributed by atoms with E-state index < -0.39 is 16.1 Å². The van der Waals surface area contributed by atoms with Crippen LogP contribution in [0.15, 0.2) is 48.5 Å². The minimum Gasteiger partial charge on any atom is -0.497 e. The Morgan fingerprint density at radius 2 is 1.78 bits per heavy atom. The molecule has 1 saturated carbocycles. The lowest BCUT2D eigenvalue weighted by Gasteiger charge is -2.30. The molecule has 0 radical (unpaired) electrons. The molecule has 3 rings (SSSR count). The summed E-state index contributed by atoms with van der Waals surface area (Å²) in [6.07, 6.45) is 5.74. The lowest BCUT2D eigenvalue weighted by Crippen LogP contribution is -2.49. The third-order valence-corrected chi connectivity index (χ3v) is 8.01. The molecule has 0 saturated heterocycles. The van der Waals surface area contributed by atoms with Crippen LogP contribution < -0.4 is 14.4 Å². The molecule has 37 heavy (non-hydrogen) atoms. The van der Waals surface area contributed by atoms with Gasteiger partial charge in [-0.3, -0.25) is 13.9 Å². The van der Waals surface area contributed by atoms with Crippen molar-refractivity contribution in [3.8, 4) is 5.75 Å². The molecule has 8 nitrogen and oxygen atoms in total. The quantitative estimate of drug-likeness (QED) is 0.448. The van der Waals surface area contributed by atoms with E-state index >= 15 is 0 Å². The van der Waals surface area contributed by atoms with Crippen molar-refractivity contribution >= 4 is 27.5 Å². The van der Waals surface area contributed by atoms with Gasteiger partial charge in [0.15, 0.2) is 0 Å². The molecule has 1 atom stereocenters.